The van der Waals surface area contributed by atoms with Gasteiger partial charge in [0.25, 0.3) is 0 Å². The summed E-state index contributed by atoms with van der Waals surface area (Å²) < 4.78 is 1.94. The van der Waals surface area contributed by atoms with Crippen molar-refractivity contribution in [2.75, 3.05) is 7.05 Å². The predicted molar refractivity (Wildman–Crippen MR) is 48.0 cm³/mol. The maximum absolute atomic E-state index is 4.01. The molecule has 1 fully saturated rings. The number of nitrogens with zero attached hydrogens (tertiary/aromatic N) is 4. The lowest BCUT2D eigenvalue weighted by molar-refractivity contribution is 0.475. The van der Waals surface area contributed by atoms with Gasteiger partial charge in [-0.15, -0.1) is 5.10 Å². The van der Waals surface area contributed by atoms with Gasteiger partial charge in [0.05, 0.1) is 12.6 Å². The fourth-order valence-electron chi connectivity index (χ4n) is 1.59. The molecule has 5 heteroatoms. The minimum Gasteiger partial charge on any atom is -0.313 e. The molecule has 0 spiro atoms. The monoisotopic (exact) mass is 181 g/mol. The molecule has 1 heterocycles. The van der Waals surface area contributed by atoms with Gasteiger partial charge in [-0.05, 0) is 29.3 Å². The molecule has 0 aliphatic heterocycles. The minimum absolute atomic E-state index is 0.373. The Morgan fingerprint density at radius 1 is 1.62 bits per heavy atom. The van der Waals surface area contributed by atoms with Crippen molar-refractivity contribution >= 4 is 0 Å². The maximum Gasteiger partial charge on any atom is 0.165 e. The highest BCUT2D eigenvalue weighted by Gasteiger charge is 2.48. The summed E-state index contributed by atoms with van der Waals surface area (Å²) in [5.74, 6) is 0.929. The summed E-state index contributed by atoms with van der Waals surface area (Å²) in [5, 5.41) is 14.7. The average molecular weight is 181 g/mol. The first-order chi connectivity index (χ1) is 6.15. The van der Waals surface area contributed by atoms with Crippen molar-refractivity contribution in [2.24, 2.45) is 5.41 Å². The summed E-state index contributed by atoms with van der Waals surface area (Å²) in [7, 11) is 1.90. The Bertz CT molecular complexity index is 303. The molecule has 1 saturated carbocycles. The molecule has 13 heavy (non-hydrogen) atoms. The second kappa shape index (κ2) is 2.77. The molecule has 1 unspecified atom stereocenters. The first-order valence-corrected chi connectivity index (χ1v) is 4.56. The lowest BCUT2D eigenvalue weighted by Gasteiger charge is -2.05. The molecular formula is C8H15N5. The van der Waals surface area contributed by atoms with E-state index in [1.807, 2.05) is 11.7 Å². The maximum atomic E-state index is 4.01. The Hall–Kier alpha value is -0.970. The molecule has 2 rings (SSSR count). The van der Waals surface area contributed by atoms with Crippen molar-refractivity contribution in [3.63, 3.8) is 0 Å². The zero-order chi connectivity index (χ0) is 9.47. The van der Waals surface area contributed by atoms with Gasteiger partial charge in [0.2, 0.25) is 0 Å². The van der Waals surface area contributed by atoms with Crippen LogP contribution in [0.25, 0.3) is 0 Å². The van der Waals surface area contributed by atoms with Crippen molar-refractivity contribution in [3.05, 3.63) is 5.82 Å². The van der Waals surface area contributed by atoms with E-state index in [0.29, 0.717) is 11.5 Å². The Balaban J connectivity index is 2.17. The predicted octanol–water partition coefficient (Wildman–Crippen LogP) is 0.363. The number of rotatable bonds is 3. The van der Waals surface area contributed by atoms with Crippen LogP contribution >= 0.6 is 0 Å². The molecule has 1 atom stereocenters. The van der Waals surface area contributed by atoms with Crippen LogP contribution in [0.1, 0.15) is 32.1 Å². The van der Waals surface area contributed by atoms with Crippen LogP contribution in [0.15, 0.2) is 0 Å². The second-order valence-electron chi connectivity index (χ2n) is 4.28. The van der Waals surface area contributed by atoms with Crippen molar-refractivity contribution in [3.8, 4) is 0 Å². The summed E-state index contributed by atoms with van der Waals surface area (Å²) in [4.78, 5) is 0. The summed E-state index contributed by atoms with van der Waals surface area (Å²) >= 11 is 0. The van der Waals surface area contributed by atoms with Crippen LogP contribution in [0.5, 0.6) is 0 Å². The third-order valence-electron chi connectivity index (χ3n) is 2.65. The van der Waals surface area contributed by atoms with Gasteiger partial charge in [0.1, 0.15) is 0 Å². The van der Waals surface area contributed by atoms with E-state index in [1.54, 1.807) is 0 Å². The van der Waals surface area contributed by atoms with E-state index in [-0.39, 0.29) is 0 Å². The fourth-order valence-corrected chi connectivity index (χ4v) is 1.59. The topological polar surface area (TPSA) is 55.6 Å². The normalized spacial score (nSPS) is 24.7. The van der Waals surface area contributed by atoms with Gasteiger partial charge >= 0.3 is 0 Å². The molecule has 1 aromatic rings. The van der Waals surface area contributed by atoms with Crippen LogP contribution in [0.4, 0.5) is 0 Å². The molecule has 5 nitrogen and oxygen atoms in total. The minimum atomic E-state index is 0.373. The van der Waals surface area contributed by atoms with E-state index >= 15 is 0 Å². The molecular weight excluding hydrogens is 166 g/mol. The zero-order valence-electron chi connectivity index (χ0n) is 8.28. The Kier molecular flexibility index (Phi) is 1.83. The summed E-state index contributed by atoms with van der Waals surface area (Å²) in [6.07, 6.45) is 1.18. The Morgan fingerprint density at radius 2 is 2.31 bits per heavy atom. The lowest BCUT2D eigenvalue weighted by Crippen LogP contribution is -2.14. The van der Waals surface area contributed by atoms with E-state index < -0.39 is 0 Å². The van der Waals surface area contributed by atoms with E-state index in [4.69, 9.17) is 0 Å². The van der Waals surface area contributed by atoms with Crippen molar-refractivity contribution in [1.82, 2.24) is 25.5 Å². The standard InChI is InChI=1S/C8H15N5/c1-8(2)4-6(8)13-7(5-9-3)10-11-12-13/h6,9H,4-5H2,1-3H3. The number of hydrogen-bond acceptors (Lipinski definition) is 4. The highest BCUT2D eigenvalue weighted by atomic mass is 15.6. The third kappa shape index (κ3) is 1.44. The quantitative estimate of drug-likeness (QED) is 0.731. The smallest absolute Gasteiger partial charge is 0.165 e. The molecule has 0 radical (unpaired) electrons. The van der Waals surface area contributed by atoms with E-state index in [1.165, 1.54) is 6.42 Å². The van der Waals surface area contributed by atoms with Gasteiger partial charge in [0.15, 0.2) is 5.82 Å². The van der Waals surface area contributed by atoms with Crippen LogP contribution in [0, 0.1) is 5.41 Å². The number of nitrogens with one attached hydrogen (secondary N) is 1. The van der Waals surface area contributed by atoms with Gasteiger partial charge < -0.3 is 5.32 Å². The first-order valence-electron chi connectivity index (χ1n) is 4.56. The van der Waals surface area contributed by atoms with Crippen molar-refractivity contribution in [1.29, 1.82) is 0 Å². The lowest BCUT2D eigenvalue weighted by atomic mass is 10.2. The van der Waals surface area contributed by atoms with Gasteiger partial charge in [-0.1, -0.05) is 13.8 Å². The molecule has 0 bridgehead atoms. The fraction of sp³-hybridized carbons (Fsp3) is 0.875. The van der Waals surface area contributed by atoms with E-state index in [2.05, 4.69) is 34.7 Å². The first kappa shape index (κ1) is 8.62. The SMILES string of the molecule is CNCc1nnnn1C1CC1(C)C. The second-order valence-corrected chi connectivity index (χ2v) is 4.28. The molecule has 1 N–H and O–H groups in total. The molecule has 1 aromatic heterocycles. The summed E-state index contributed by atoms with van der Waals surface area (Å²) in [6, 6.07) is 0.492. The summed E-state index contributed by atoms with van der Waals surface area (Å²) in [6.45, 7) is 5.21. The molecule has 0 aromatic carbocycles. The highest BCUT2D eigenvalue weighted by molar-refractivity contribution is 5.02. The van der Waals surface area contributed by atoms with Crippen LogP contribution < -0.4 is 5.32 Å². The molecule has 1 aliphatic rings. The van der Waals surface area contributed by atoms with Crippen molar-refractivity contribution in [2.45, 2.75) is 32.9 Å². The van der Waals surface area contributed by atoms with Crippen molar-refractivity contribution < 1.29 is 0 Å². The molecule has 0 saturated heterocycles. The molecule has 72 valence electrons. The number of tetrazole rings is 1. The number of hydrogen-bond donors (Lipinski definition) is 1. The van der Waals surface area contributed by atoms with Gasteiger partial charge in [-0.3, -0.25) is 0 Å². The van der Waals surface area contributed by atoms with E-state index in [9.17, 15) is 0 Å². The van der Waals surface area contributed by atoms with E-state index in [0.717, 1.165) is 12.4 Å². The largest absolute Gasteiger partial charge is 0.313 e. The third-order valence-corrected chi connectivity index (χ3v) is 2.65. The van der Waals surface area contributed by atoms with Crippen LogP contribution in [-0.2, 0) is 6.54 Å². The molecule has 1 aliphatic carbocycles. The highest BCUT2D eigenvalue weighted by Crippen LogP contribution is 2.55. The summed E-state index contributed by atoms with van der Waals surface area (Å²) in [5.41, 5.74) is 0.373. The van der Waals surface area contributed by atoms with Crippen LogP contribution in [0.2, 0.25) is 0 Å². The van der Waals surface area contributed by atoms with Crippen LogP contribution in [-0.4, -0.2) is 27.3 Å². The Morgan fingerprint density at radius 3 is 2.85 bits per heavy atom. The van der Waals surface area contributed by atoms with Gasteiger partial charge in [-0.25, -0.2) is 4.68 Å². The van der Waals surface area contributed by atoms with Gasteiger partial charge in [0, 0.05) is 0 Å². The van der Waals surface area contributed by atoms with Crippen LogP contribution in [0.3, 0.4) is 0 Å². The zero-order valence-corrected chi connectivity index (χ0v) is 8.28. The Labute approximate surface area is 77.5 Å². The average Bonchev–Trinajstić information content (AvgIpc) is 2.52. The molecule has 0 amide bonds. The number of aromatic nitrogens is 4. The van der Waals surface area contributed by atoms with Gasteiger partial charge in [-0.2, -0.15) is 0 Å².